The summed E-state index contributed by atoms with van der Waals surface area (Å²) < 4.78 is 19.3. The molecular formula is C16H21FN2O2. The molecule has 2 fully saturated rings. The minimum atomic E-state index is -0.400. The zero-order chi connectivity index (χ0) is 14.7. The SMILES string of the molecule is O=C(CN1CCOC2CCCCC21)Nc1ccccc1F. The average molecular weight is 292 g/mol. The molecule has 1 N–H and O–H groups in total. The summed E-state index contributed by atoms with van der Waals surface area (Å²) in [5, 5.41) is 2.66. The lowest BCUT2D eigenvalue weighted by molar-refractivity contribution is -0.124. The molecule has 21 heavy (non-hydrogen) atoms. The van der Waals surface area contributed by atoms with Crippen LogP contribution in [0.1, 0.15) is 25.7 Å². The smallest absolute Gasteiger partial charge is 0.238 e. The molecule has 1 aliphatic heterocycles. The summed E-state index contributed by atoms with van der Waals surface area (Å²) in [6.45, 7) is 1.75. The molecule has 1 saturated heterocycles. The molecule has 0 aromatic heterocycles. The van der Waals surface area contributed by atoms with Crippen LogP contribution < -0.4 is 5.32 Å². The van der Waals surface area contributed by atoms with Crippen LogP contribution in [0.2, 0.25) is 0 Å². The molecule has 2 atom stereocenters. The minimum absolute atomic E-state index is 0.161. The van der Waals surface area contributed by atoms with Gasteiger partial charge in [0.15, 0.2) is 0 Å². The normalized spacial score (nSPS) is 26.1. The maximum atomic E-state index is 13.5. The largest absolute Gasteiger partial charge is 0.375 e. The molecule has 0 radical (unpaired) electrons. The van der Waals surface area contributed by atoms with E-state index in [4.69, 9.17) is 4.74 Å². The summed E-state index contributed by atoms with van der Waals surface area (Å²) in [5.74, 6) is -0.560. The molecule has 4 nitrogen and oxygen atoms in total. The van der Waals surface area contributed by atoms with Crippen LogP contribution in [0.5, 0.6) is 0 Å². The monoisotopic (exact) mass is 292 g/mol. The van der Waals surface area contributed by atoms with E-state index in [1.54, 1.807) is 18.2 Å². The Hall–Kier alpha value is -1.46. The molecule has 1 aromatic carbocycles. The fourth-order valence-corrected chi connectivity index (χ4v) is 3.31. The highest BCUT2D eigenvalue weighted by Gasteiger charge is 2.34. The van der Waals surface area contributed by atoms with Crippen LogP contribution in [0.25, 0.3) is 0 Å². The number of halogens is 1. The van der Waals surface area contributed by atoms with Gasteiger partial charge in [-0.05, 0) is 25.0 Å². The number of rotatable bonds is 3. The van der Waals surface area contributed by atoms with Crippen molar-refractivity contribution in [1.29, 1.82) is 0 Å². The Morgan fingerprint density at radius 1 is 1.33 bits per heavy atom. The Bertz CT molecular complexity index is 507. The lowest BCUT2D eigenvalue weighted by Crippen LogP contribution is -2.54. The first-order valence-corrected chi connectivity index (χ1v) is 7.64. The predicted molar refractivity (Wildman–Crippen MR) is 78.6 cm³/mol. The second-order valence-corrected chi connectivity index (χ2v) is 5.76. The molecule has 1 aliphatic carbocycles. The van der Waals surface area contributed by atoms with Crippen molar-refractivity contribution < 1.29 is 13.9 Å². The van der Waals surface area contributed by atoms with E-state index in [9.17, 15) is 9.18 Å². The van der Waals surface area contributed by atoms with Gasteiger partial charge in [-0.3, -0.25) is 9.69 Å². The minimum Gasteiger partial charge on any atom is -0.375 e. The number of nitrogens with zero attached hydrogens (tertiary/aromatic N) is 1. The number of anilines is 1. The van der Waals surface area contributed by atoms with Gasteiger partial charge in [0.2, 0.25) is 5.91 Å². The molecule has 1 amide bonds. The van der Waals surface area contributed by atoms with Gasteiger partial charge in [0.1, 0.15) is 5.82 Å². The third kappa shape index (κ3) is 3.41. The van der Waals surface area contributed by atoms with Crippen LogP contribution in [0.3, 0.4) is 0 Å². The summed E-state index contributed by atoms with van der Waals surface area (Å²) in [6, 6.07) is 6.58. The van der Waals surface area contributed by atoms with Crippen molar-refractivity contribution >= 4 is 11.6 Å². The van der Waals surface area contributed by atoms with E-state index in [0.717, 1.165) is 19.4 Å². The summed E-state index contributed by atoms with van der Waals surface area (Å²) in [6.07, 6.45) is 4.81. The standard InChI is InChI=1S/C16H21FN2O2/c17-12-5-1-2-6-13(12)18-16(20)11-19-9-10-21-15-8-4-3-7-14(15)19/h1-2,5-6,14-15H,3-4,7-11H2,(H,18,20). The van der Waals surface area contributed by atoms with E-state index in [-0.39, 0.29) is 17.7 Å². The van der Waals surface area contributed by atoms with Crippen molar-refractivity contribution in [2.75, 3.05) is 25.0 Å². The molecule has 0 bridgehead atoms. The number of para-hydroxylation sites is 1. The van der Waals surface area contributed by atoms with Gasteiger partial charge in [0.25, 0.3) is 0 Å². The number of ether oxygens (including phenoxy) is 1. The third-order valence-corrected chi connectivity index (χ3v) is 4.34. The van der Waals surface area contributed by atoms with Crippen molar-refractivity contribution in [3.63, 3.8) is 0 Å². The highest BCUT2D eigenvalue weighted by Crippen LogP contribution is 2.28. The van der Waals surface area contributed by atoms with Gasteiger partial charge in [-0.1, -0.05) is 25.0 Å². The summed E-state index contributed by atoms with van der Waals surface area (Å²) in [4.78, 5) is 14.3. The average Bonchev–Trinajstić information content (AvgIpc) is 2.50. The quantitative estimate of drug-likeness (QED) is 0.930. The maximum absolute atomic E-state index is 13.5. The van der Waals surface area contributed by atoms with Crippen molar-refractivity contribution in [2.24, 2.45) is 0 Å². The first kappa shape index (κ1) is 14.5. The molecule has 0 spiro atoms. The van der Waals surface area contributed by atoms with Gasteiger partial charge in [-0.2, -0.15) is 0 Å². The number of morpholine rings is 1. The van der Waals surface area contributed by atoms with Crippen LogP contribution in [0.4, 0.5) is 10.1 Å². The lowest BCUT2D eigenvalue weighted by atomic mass is 9.90. The summed E-state index contributed by atoms with van der Waals surface area (Å²) in [7, 11) is 0. The highest BCUT2D eigenvalue weighted by molar-refractivity contribution is 5.92. The van der Waals surface area contributed by atoms with Crippen molar-refractivity contribution in [2.45, 2.75) is 37.8 Å². The van der Waals surface area contributed by atoms with Gasteiger partial charge in [0, 0.05) is 12.6 Å². The first-order chi connectivity index (χ1) is 10.2. The van der Waals surface area contributed by atoms with E-state index in [1.807, 2.05) is 0 Å². The Morgan fingerprint density at radius 3 is 3.00 bits per heavy atom. The first-order valence-electron chi connectivity index (χ1n) is 7.64. The van der Waals surface area contributed by atoms with Gasteiger partial charge in [-0.25, -0.2) is 4.39 Å². The fourth-order valence-electron chi connectivity index (χ4n) is 3.31. The number of carbonyl (C=O) groups is 1. The summed E-state index contributed by atoms with van der Waals surface area (Å²) in [5.41, 5.74) is 0.246. The zero-order valence-electron chi connectivity index (χ0n) is 12.1. The fraction of sp³-hybridized carbons (Fsp3) is 0.562. The third-order valence-electron chi connectivity index (χ3n) is 4.34. The van der Waals surface area contributed by atoms with Gasteiger partial charge >= 0.3 is 0 Å². The zero-order valence-corrected chi connectivity index (χ0v) is 12.1. The molecular weight excluding hydrogens is 271 g/mol. The Kier molecular flexibility index (Phi) is 4.51. The number of fused-ring (bicyclic) bond motifs is 1. The van der Waals surface area contributed by atoms with Crippen LogP contribution in [-0.4, -0.2) is 42.6 Å². The highest BCUT2D eigenvalue weighted by atomic mass is 19.1. The van der Waals surface area contributed by atoms with E-state index in [2.05, 4.69) is 10.2 Å². The van der Waals surface area contributed by atoms with Crippen LogP contribution in [0.15, 0.2) is 24.3 Å². The Morgan fingerprint density at radius 2 is 2.14 bits per heavy atom. The molecule has 114 valence electrons. The van der Waals surface area contributed by atoms with E-state index >= 15 is 0 Å². The molecule has 2 aliphatic rings. The van der Waals surface area contributed by atoms with E-state index < -0.39 is 5.82 Å². The number of carbonyl (C=O) groups excluding carboxylic acids is 1. The number of amides is 1. The second kappa shape index (κ2) is 6.54. The number of nitrogens with one attached hydrogen (secondary N) is 1. The number of benzene rings is 1. The molecule has 3 rings (SSSR count). The van der Waals surface area contributed by atoms with Gasteiger partial charge in [0.05, 0.1) is 24.9 Å². The van der Waals surface area contributed by atoms with Crippen LogP contribution >= 0.6 is 0 Å². The topological polar surface area (TPSA) is 41.6 Å². The molecule has 1 aromatic rings. The van der Waals surface area contributed by atoms with Gasteiger partial charge < -0.3 is 10.1 Å². The van der Waals surface area contributed by atoms with E-state index in [1.165, 1.54) is 18.9 Å². The van der Waals surface area contributed by atoms with Crippen molar-refractivity contribution in [1.82, 2.24) is 4.90 Å². The number of hydrogen-bond donors (Lipinski definition) is 1. The van der Waals surface area contributed by atoms with Crippen molar-refractivity contribution in [3.05, 3.63) is 30.1 Å². The molecule has 1 saturated carbocycles. The molecule has 1 heterocycles. The molecule has 5 heteroatoms. The Balaban J connectivity index is 1.60. The maximum Gasteiger partial charge on any atom is 0.238 e. The lowest BCUT2D eigenvalue weighted by Gasteiger charge is -2.43. The predicted octanol–water partition coefficient (Wildman–Crippen LogP) is 2.41. The second-order valence-electron chi connectivity index (χ2n) is 5.76. The van der Waals surface area contributed by atoms with Gasteiger partial charge in [-0.15, -0.1) is 0 Å². The van der Waals surface area contributed by atoms with Crippen LogP contribution in [-0.2, 0) is 9.53 Å². The van der Waals surface area contributed by atoms with Crippen LogP contribution in [0, 0.1) is 5.82 Å². The Labute approximate surface area is 124 Å². The van der Waals surface area contributed by atoms with E-state index in [0.29, 0.717) is 19.2 Å². The van der Waals surface area contributed by atoms with Crippen molar-refractivity contribution in [3.8, 4) is 0 Å². The number of hydrogen-bond acceptors (Lipinski definition) is 3. The molecule has 2 unspecified atom stereocenters. The summed E-state index contributed by atoms with van der Waals surface area (Å²) >= 11 is 0.